The van der Waals surface area contributed by atoms with Gasteiger partial charge in [-0.1, -0.05) is 6.92 Å². The van der Waals surface area contributed by atoms with E-state index in [2.05, 4.69) is 25.3 Å². The van der Waals surface area contributed by atoms with E-state index in [1.165, 1.54) is 0 Å². The summed E-state index contributed by atoms with van der Waals surface area (Å²) in [7, 11) is 0. The van der Waals surface area contributed by atoms with Crippen molar-refractivity contribution >= 4 is 17.4 Å². The Kier molecular flexibility index (Phi) is 4.12. The van der Waals surface area contributed by atoms with Crippen molar-refractivity contribution in [2.45, 2.75) is 25.6 Å². The van der Waals surface area contributed by atoms with Gasteiger partial charge in [-0.25, -0.2) is 15.0 Å². The van der Waals surface area contributed by atoms with Crippen molar-refractivity contribution in [3.05, 3.63) is 35.3 Å². The minimum Gasteiger partial charge on any atom is -0.360 e. The zero-order chi connectivity index (χ0) is 14.8. The van der Waals surface area contributed by atoms with Gasteiger partial charge in [0.2, 0.25) is 5.28 Å². The molecule has 5 nitrogen and oxygen atoms in total. The Hall–Kier alpha value is -1.83. The molecule has 1 unspecified atom stereocenters. The van der Waals surface area contributed by atoms with Crippen molar-refractivity contribution < 1.29 is 13.2 Å². The molecule has 0 aliphatic heterocycles. The van der Waals surface area contributed by atoms with Crippen LogP contribution in [0.25, 0.3) is 0 Å². The number of H-pyrrole nitrogens is 1. The molecule has 0 aliphatic rings. The van der Waals surface area contributed by atoms with E-state index < -0.39 is 17.2 Å². The van der Waals surface area contributed by atoms with Crippen LogP contribution in [-0.2, 0) is 6.18 Å². The van der Waals surface area contributed by atoms with Crippen LogP contribution in [-0.4, -0.2) is 19.9 Å². The van der Waals surface area contributed by atoms with Crippen molar-refractivity contribution in [1.29, 1.82) is 0 Å². The first-order valence-electron chi connectivity index (χ1n) is 5.77. The van der Waals surface area contributed by atoms with Crippen LogP contribution in [0.15, 0.2) is 18.5 Å². The molecule has 9 heteroatoms. The molecule has 2 heterocycles. The summed E-state index contributed by atoms with van der Waals surface area (Å²) < 4.78 is 37.9. The van der Waals surface area contributed by atoms with E-state index in [0.29, 0.717) is 12.2 Å². The Morgan fingerprint density at radius 2 is 2.15 bits per heavy atom. The first-order valence-corrected chi connectivity index (χ1v) is 6.15. The Labute approximate surface area is 117 Å². The fraction of sp³-hybridized carbons (Fsp3) is 0.364. The molecule has 108 valence electrons. The average molecular weight is 306 g/mol. The van der Waals surface area contributed by atoms with Gasteiger partial charge in [-0.2, -0.15) is 13.2 Å². The number of anilines is 1. The smallest absolute Gasteiger partial charge is 0.360 e. The van der Waals surface area contributed by atoms with Gasteiger partial charge in [0.15, 0.2) is 5.69 Å². The molecular formula is C11H11ClF3N5. The summed E-state index contributed by atoms with van der Waals surface area (Å²) in [5.74, 6) is 0.608. The SMILES string of the molecule is CCC(Nc1cc(C(F)(F)F)nc(Cl)n1)c1ncc[nH]1. The topological polar surface area (TPSA) is 66.5 Å². The number of nitrogens with one attached hydrogen (secondary N) is 2. The van der Waals surface area contributed by atoms with Gasteiger partial charge in [0.1, 0.15) is 11.6 Å². The molecule has 0 aromatic carbocycles. The molecule has 0 spiro atoms. The highest BCUT2D eigenvalue weighted by Crippen LogP contribution is 2.30. The quantitative estimate of drug-likeness (QED) is 0.849. The number of aromatic nitrogens is 4. The molecule has 2 N–H and O–H groups in total. The van der Waals surface area contributed by atoms with Crippen LogP contribution in [0.5, 0.6) is 0 Å². The van der Waals surface area contributed by atoms with Gasteiger partial charge >= 0.3 is 6.18 Å². The summed E-state index contributed by atoms with van der Waals surface area (Å²) in [4.78, 5) is 13.9. The van der Waals surface area contributed by atoms with Gasteiger partial charge in [0.05, 0.1) is 6.04 Å². The Morgan fingerprint density at radius 1 is 1.40 bits per heavy atom. The van der Waals surface area contributed by atoms with E-state index in [9.17, 15) is 13.2 Å². The van der Waals surface area contributed by atoms with E-state index in [-0.39, 0.29) is 11.9 Å². The number of alkyl halides is 3. The van der Waals surface area contributed by atoms with Crippen LogP contribution in [0.3, 0.4) is 0 Å². The van der Waals surface area contributed by atoms with Crippen molar-refractivity contribution in [2.75, 3.05) is 5.32 Å². The largest absolute Gasteiger partial charge is 0.433 e. The van der Waals surface area contributed by atoms with Gasteiger partial charge in [-0.3, -0.25) is 0 Å². The van der Waals surface area contributed by atoms with Crippen molar-refractivity contribution in [2.24, 2.45) is 0 Å². The lowest BCUT2D eigenvalue weighted by molar-refractivity contribution is -0.141. The minimum atomic E-state index is -4.57. The molecule has 0 fully saturated rings. The van der Waals surface area contributed by atoms with E-state index in [4.69, 9.17) is 11.6 Å². The third-order valence-corrected chi connectivity index (χ3v) is 2.74. The van der Waals surface area contributed by atoms with Crippen LogP contribution in [0, 0.1) is 0 Å². The van der Waals surface area contributed by atoms with Gasteiger partial charge < -0.3 is 10.3 Å². The zero-order valence-electron chi connectivity index (χ0n) is 10.4. The highest BCUT2D eigenvalue weighted by atomic mass is 35.5. The van der Waals surface area contributed by atoms with E-state index in [1.807, 2.05) is 6.92 Å². The number of aromatic amines is 1. The van der Waals surface area contributed by atoms with Crippen LogP contribution < -0.4 is 5.32 Å². The van der Waals surface area contributed by atoms with Crippen molar-refractivity contribution in [1.82, 2.24) is 19.9 Å². The summed E-state index contributed by atoms with van der Waals surface area (Å²) in [6, 6.07) is 0.523. The third kappa shape index (κ3) is 3.38. The molecule has 0 saturated carbocycles. The number of hydrogen-bond donors (Lipinski definition) is 2. The van der Waals surface area contributed by atoms with E-state index >= 15 is 0 Å². The van der Waals surface area contributed by atoms with Gasteiger partial charge in [-0.05, 0) is 18.0 Å². The minimum absolute atomic E-state index is 0.000532. The van der Waals surface area contributed by atoms with Gasteiger partial charge in [-0.15, -0.1) is 0 Å². The summed E-state index contributed by atoms with van der Waals surface area (Å²) in [6.07, 6.45) is -0.770. The monoisotopic (exact) mass is 305 g/mol. The first-order chi connectivity index (χ1) is 9.40. The second-order valence-electron chi connectivity index (χ2n) is 3.98. The average Bonchev–Trinajstić information content (AvgIpc) is 2.88. The lowest BCUT2D eigenvalue weighted by Gasteiger charge is -2.16. The molecule has 0 radical (unpaired) electrons. The Balaban J connectivity index is 2.27. The highest BCUT2D eigenvalue weighted by Gasteiger charge is 2.33. The maximum Gasteiger partial charge on any atom is 0.433 e. The lowest BCUT2D eigenvalue weighted by atomic mass is 10.2. The molecule has 2 aromatic heterocycles. The molecule has 0 bridgehead atoms. The molecule has 0 aliphatic carbocycles. The predicted octanol–water partition coefficient (Wildman–Crippen LogP) is 3.44. The number of hydrogen-bond acceptors (Lipinski definition) is 4. The molecular weight excluding hydrogens is 295 g/mol. The molecule has 1 atom stereocenters. The number of rotatable bonds is 4. The second kappa shape index (κ2) is 5.66. The maximum absolute atomic E-state index is 12.6. The lowest BCUT2D eigenvalue weighted by Crippen LogP contribution is -2.15. The second-order valence-corrected chi connectivity index (χ2v) is 4.32. The standard InChI is InChI=1S/C11H11ClF3N5/c1-2-6(9-16-3-4-17-9)18-8-5-7(11(13,14)15)19-10(12)20-8/h3-6H,2H2,1H3,(H,16,17)(H,18,19,20). The zero-order valence-corrected chi connectivity index (χ0v) is 11.1. The molecule has 20 heavy (non-hydrogen) atoms. The van der Waals surface area contributed by atoms with Crippen LogP contribution >= 0.6 is 11.6 Å². The fourth-order valence-electron chi connectivity index (χ4n) is 1.65. The predicted molar refractivity (Wildman–Crippen MR) is 67.3 cm³/mol. The van der Waals surface area contributed by atoms with Crippen molar-refractivity contribution in [3.8, 4) is 0 Å². The van der Waals surface area contributed by atoms with Crippen molar-refractivity contribution in [3.63, 3.8) is 0 Å². The Morgan fingerprint density at radius 3 is 2.70 bits per heavy atom. The molecule has 2 aromatic rings. The fourth-order valence-corrected chi connectivity index (χ4v) is 1.83. The number of imidazole rings is 1. The number of nitrogens with zero attached hydrogens (tertiary/aromatic N) is 3. The molecule has 0 saturated heterocycles. The van der Waals surface area contributed by atoms with Crippen LogP contribution in [0.4, 0.5) is 19.0 Å². The summed E-state index contributed by atoms with van der Waals surface area (Å²) in [5, 5.41) is 2.39. The van der Waals surface area contributed by atoms with E-state index in [1.54, 1.807) is 12.4 Å². The highest BCUT2D eigenvalue weighted by molar-refractivity contribution is 6.28. The molecule has 2 rings (SSSR count). The maximum atomic E-state index is 12.6. The molecule has 0 amide bonds. The van der Waals surface area contributed by atoms with Crippen LogP contribution in [0.2, 0.25) is 5.28 Å². The summed E-state index contributed by atoms with van der Waals surface area (Å²) in [5.41, 5.74) is -1.09. The third-order valence-electron chi connectivity index (χ3n) is 2.57. The van der Waals surface area contributed by atoms with Crippen LogP contribution in [0.1, 0.15) is 30.9 Å². The normalized spacial score (nSPS) is 13.2. The van der Waals surface area contributed by atoms with Gasteiger partial charge in [0.25, 0.3) is 0 Å². The summed E-state index contributed by atoms with van der Waals surface area (Å²) in [6.45, 7) is 1.87. The van der Waals surface area contributed by atoms with Gasteiger partial charge in [0, 0.05) is 18.5 Å². The Bertz CT molecular complexity index is 570. The number of halogens is 4. The summed E-state index contributed by atoms with van der Waals surface area (Å²) >= 11 is 5.52. The van der Waals surface area contributed by atoms with E-state index in [0.717, 1.165) is 6.07 Å². The first kappa shape index (κ1) is 14.6.